The third-order valence-electron chi connectivity index (χ3n) is 7.81. The first-order valence-electron chi connectivity index (χ1n) is 13.5. The molecular weight excluding hydrogens is 510 g/mol. The number of nitrogens with two attached hydrogens (primary N) is 1. The summed E-state index contributed by atoms with van der Waals surface area (Å²) in [6, 6.07) is 18.1. The highest BCUT2D eigenvalue weighted by molar-refractivity contribution is 5.87. The van der Waals surface area contributed by atoms with Gasteiger partial charge in [-0.25, -0.2) is 0 Å². The Morgan fingerprint density at radius 2 is 1.88 bits per heavy atom. The number of phenols is 1. The molecule has 3 atom stereocenters. The van der Waals surface area contributed by atoms with E-state index in [4.69, 9.17) is 19.6 Å². The van der Waals surface area contributed by atoms with Crippen LogP contribution in [0.15, 0.2) is 69.9 Å². The number of hydrogen-bond donors (Lipinski definition) is 4. The van der Waals surface area contributed by atoms with Gasteiger partial charge in [-0.1, -0.05) is 42.5 Å². The standard InChI is InChI=1S/C32H35NO7/c1-32(12-10-20-8-9-23(33)21(14-20)11-13-38-2)29(36)16-22-26(40-32)18-28-30(31(22)37)25(35)17-27(39-28)24(34)15-19-6-4-3-5-7-19/h3-9,14,17-18,24,29,34,36-37H,10-13,15-16,33H2,1-2H3/t24-,29-,32+/m1/s1. The van der Waals surface area contributed by atoms with Gasteiger partial charge in [0.05, 0.1) is 12.7 Å². The molecule has 0 fully saturated rings. The Hall–Kier alpha value is -3.85. The lowest BCUT2D eigenvalue weighted by Gasteiger charge is -2.40. The topological polar surface area (TPSA) is 135 Å². The quantitative estimate of drug-likeness (QED) is 0.230. The van der Waals surface area contributed by atoms with Gasteiger partial charge in [-0.15, -0.1) is 0 Å². The second kappa shape index (κ2) is 11.3. The average molecular weight is 546 g/mol. The minimum atomic E-state index is -1.04. The molecule has 4 aromatic rings. The van der Waals surface area contributed by atoms with Gasteiger partial charge < -0.3 is 34.9 Å². The van der Waals surface area contributed by atoms with Crippen molar-refractivity contribution >= 4 is 16.7 Å². The van der Waals surface area contributed by atoms with Crippen LogP contribution in [0.3, 0.4) is 0 Å². The van der Waals surface area contributed by atoms with Gasteiger partial charge >= 0.3 is 0 Å². The molecule has 5 N–H and O–H groups in total. The molecule has 0 saturated heterocycles. The molecule has 1 aromatic heterocycles. The molecule has 8 heteroatoms. The smallest absolute Gasteiger partial charge is 0.196 e. The van der Waals surface area contributed by atoms with Crippen LogP contribution in [0, 0.1) is 0 Å². The molecule has 0 saturated carbocycles. The largest absolute Gasteiger partial charge is 0.507 e. The van der Waals surface area contributed by atoms with Crippen LogP contribution in [0.2, 0.25) is 0 Å². The Kier molecular flexibility index (Phi) is 7.85. The lowest BCUT2D eigenvalue weighted by molar-refractivity contribution is -0.0595. The number of nitrogen functional groups attached to an aromatic ring is 1. The molecular formula is C32H35NO7. The first kappa shape index (κ1) is 27.7. The van der Waals surface area contributed by atoms with Crippen LogP contribution in [0.4, 0.5) is 5.69 Å². The summed E-state index contributed by atoms with van der Waals surface area (Å²) in [5.74, 6) is 0.174. The minimum absolute atomic E-state index is 0.000670. The van der Waals surface area contributed by atoms with Crippen molar-refractivity contribution in [1.29, 1.82) is 0 Å². The van der Waals surface area contributed by atoms with Crippen LogP contribution < -0.4 is 15.9 Å². The van der Waals surface area contributed by atoms with E-state index >= 15 is 0 Å². The lowest BCUT2D eigenvalue weighted by Crippen LogP contribution is -2.49. The summed E-state index contributed by atoms with van der Waals surface area (Å²) in [5.41, 5.74) is 8.85. The number of benzene rings is 3. The fourth-order valence-corrected chi connectivity index (χ4v) is 5.31. The Morgan fingerprint density at radius 3 is 2.62 bits per heavy atom. The lowest BCUT2D eigenvalue weighted by atomic mass is 9.84. The number of phenolic OH excluding ortho intramolecular Hbond substituents is 1. The van der Waals surface area contributed by atoms with Gasteiger partial charge in [0.1, 0.15) is 39.9 Å². The van der Waals surface area contributed by atoms with Gasteiger partial charge in [0.2, 0.25) is 0 Å². The predicted molar refractivity (Wildman–Crippen MR) is 153 cm³/mol. The van der Waals surface area contributed by atoms with Crippen molar-refractivity contribution < 1.29 is 29.2 Å². The van der Waals surface area contributed by atoms with E-state index in [1.165, 1.54) is 6.07 Å². The van der Waals surface area contributed by atoms with Crippen molar-refractivity contribution in [2.24, 2.45) is 0 Å². The highest BCUT2D eigenvalue weighted by Crippen LogP contribution is 2.43. The van der Waals surface area contributed by atoms with Crippen molar-refractivity contribution in [1.82, 2.24) is 0 Å². The zero-order valence-electron chi connectivity index (χ0n) is 22.7. The number of aliphatic hydroxyl groups is 2. The molecule has 0 bridgehead atoms. The summed E-state index contributed by atoms with van der Waals surface area (Å²) in [5, 5.41) is 32.9. The number of rotatable bonds is 9. The molecule has 0 aliphatic carbocycles. The van der Waals surface area contributed by atoms with E-state index in [9.17, 15) is 20.1 Å². The molecule has 3 aromatic carbocycles. The Balaban J connectivity index is 1.41. The number of fused-ring (bicyclic) bond motifs is 2. The Bertz CT molecular complexity index is 1570. The average Bonchev–Trinajstić information content (AvgIpc) is 2.93. The Morgan fingerprint density at radius 1 is 1.10 bits per heavy atom. The van der Waals surface area contributed by atoms with Crippen LogP contribution >= 0.6 is 0 Å². The third-order valence-corrected chi connectivity index (χ3v) is 7.81. The zero-order chi connectivity index (χ0) is 28.4. The van der Waals surface area contributed by atoms with Crippen molar-refractivity contribution in [3.8, 4) is 11.5 Å². The molecule has 0 unspecified atom stereocenters. The van der Waals surface area contributed by atoms with Gasteiger partial charge in [-0.05, 0) is 48.9 Å². The maximum Gasteiger partial charge on any atom is 0.196 e. The second-order valence-corrected chi connectivity index (χ2v) is 10.7. The van der Waals surface area contributed by atoms with Crippen LogP contribution in [-0.4, -0.2) is 40.7 Å². The molecule has 40 heavy (non-hydrogen) atoms. The van der Waals surface area contributed by atoms with E-state index in [-0.39, 0.29) is 35.3 Å². The van der Waals surface area contributed by atoms with Crippen molar-refractivity contribution in [3.63, 3.8) is 0 Å². The summed E-state index contributed by atoms with van der Waals surface area (Å²) in [6.07, 6.45) is 0.272. The predicted octanol–water partition coefficient (Wildman–Crippen LogP) is 4.23. The highest BCUT2D eigenvalue weighted by atomic mass is 16.5. The molecule has 1 aliphatic rings. The summed E-state index contributed by atoms with van der Waals surface area (Å²) < 4.78 is 17.4. The maximum absolute atomic E-state index is 13.0. The molecule has 1 aliphatic heterocycles. The SMILES string of the molecule is COCCc1cc(CC[C@]2(C)Oc3cc4oc([C@H](O)Cc5ccccc5)cc(=O)c4c(O)c3C[C@H]2O)ccc1N. The molecule has 0 spiro atoms. The number of methoxy groups -OCH3 is 1. The minimum Gasteiger partial charge on any atom is -0.507 e. The van der Waals surface area contributed by atoms with Crippen LogP contribution in [0.5, 0.6) is 11.5 Å². The number of aryl methyl sites for hydroxylation is 1. The van der Waals surface area contributed by atoms with E-state index in [1.54, 1.807) is 13.2 Å². The number of ether oxygens (including phenoxy) is 2. The molecule has 0 amide bonds. The second-order valence-electron chi connectivity index (χ2n) is 10.7. The Labute approximate surface area is 232 Å². The summed E-state index contributed by atoms with van der Waals surface area (Å²) in [6.45, 7) is 2.41. The van der Waals surface area contributed by atoms with Crippen LogP contribution in [0.1, 0.15) is 47.5 Å². The van der Waals surface area contributed by atoms with Gasteiger partial charge in [0.25, 0.3) is 0 Å². The third kappa shape index (κ3) is 5.56. The number of aromatic hydroxyl groups is 1. The van der Waals surface area contributed by atoms with Crippen LogP contribution in [-0.2, 0) is 30.4 Å². The fraction of sp³-hybridized carbons (Fsp3) is 0.344. The number of hydrogen-bond acceptors (Lipinski definition) is 8. The van der Waals surface area contributed by atoms with E-state index < -0.39 is 23.2 Å². The highest BCUT2D eigenvalue weighted by Gasteiger charge is 2.41. The molecule has 8 nitrogen and oxygen atoms in total. The van der Waals surface area contributed by atoms with E-state index in [0.29, 0.717) is 42.9 Å². The molecule has 5 rings (SSSR count). The van der Waals surface area contributed by atoms with Crippen molar-refractivity contribution in [2.45, 2.75) is 56.8 Å². The normalized spacial score (nSPS) is 19.2. The molecule has 2 heterocycles. The number of anilines is 1. The van der Waals surface area contributed by atoms with Gasteiger partial charge in [-0.3, -0.25) is 4.79 Å². The van der Waals surface area contributed by atoms with Gasteiger partial charge in [-0.2, -0.15) is 0 Å². The van der Waals surface area contributed by atoms with Gasteiger partial charge in [0, 0.05) is 43.3 Å². The van der Waals surface area contributed by atoms with E-state index in [1.807, 2.05) is 49.4 Å². The number of aliphatic hydroxyl groups excluding tert-OH is 2. The summed E-state index contributed by atoms with van der Waals surface area (Å²) in [4.78, 5) is 13.0. The fourth-order valence-electron chi connectivity index (χ4n) is 5.31. The molecule has 0 radical (unpaired) electrons. The van der Waals surface area contributed by atoms with Crippen molar-refractivity contribution in [3.05, 3.63) is 98.9 Å². The first-order valence-corrected chi connectivity index (χ1v) is 13.5. The van der Waals surface area contributed by atoms with Crippen LogP contribution in [0.25, 0.3) is 11.0 Å². The molecule has 210 valence electrons. The summed E-state index contributed by atoms with van der Waals surface area (Å²) in [7, 11) is 1.65. The van der Waals surface area contributed by atoms with Crippen molar-refractivity contribution in [2.75, 3.05) is 19.5 Å². The van der Waals surface area contributed by atoms with E-state index in [2.05, 4.69) is 6.07 Å². The van der Waals surface area contributed by atoms with E-state index in [0.717, 1.165) is 16.7 Å². The monoisotopic (exact) mass is 545 g/mol. The zero-order valence-corrected chi connectivity index (χ0v) is 22.7. The van der Waals surface area contributed by atoms with Gasteiger partial charge in [0.15, 0.2) is 5.43 Å². The summed E-state index contributed by atoms with van der Waals surface area (Å²) >= 11 is 0. The maximum atomic E-state index is 13.0. The first-order chi connectivity index (χ1) is 19.2.